The maximum atomic E-state index is 11.1. The Morgan fingerprint density at radius 2 is 1.86 bits per heavy atom. The van der Waals surface area contributed by atoms with Crippen LogP contribution in [0.25, 0.3) is 11.3 Å². The molecule has 1 saturated heterocycles. The van der Waals surface area contributed by atoms with E-state index in [1.165, 1.54) is 24.1 Å². The quantitative estimate of drug-likeness (QED) is 0.606. The second kappa shape index (κ2) is 6.29. The number of para-hydroxylation sites is 1. The van der Waals surface area contributed by atoms with Crippen molar-refractivity contribution in [2.75, 3.05) is 33.2 Å². The number of likely N-dealkylation sites (N-methyl/N-ethyl adjacent to an activating group) is 1. The number of hydrogen-bond acceptors (Lipinski definition) is 3. The molecule has 2 aromatic rings. The maximum absolute atomic E-state index is 11.1. The summed E-state index contributed by atoms with van der Waals surface area (Å²) in [7, 11) is 2.22. The third-order valence-electron chi connectivity index (χ3n) is 4.26. The highest BCUT2D eigenvalue weighted by atomic mass is 16.6. The van der Waals surface area contributed by atoms with Crippen LogP contribution in [0.15, 0.2) is 40.8 Å². The number of furan rings is 1. The lowest BCUT2D eigenvalue weighted by molar-refractivity contribution is -1.01. The van der Waals surface area contributed by atoms with Crippen LogP contribution < -0.4 is 9.80 Å². The van der Waals surface area contributed by atoms with Crippen molar-refractivity contribution in [1.29, 1.82) is 0 Å². The monoisotopic (exact) mass is 303 g/mol. The maximum Gasteiger partial charge on any atom is 0.280 e. The molecule has 0 aliphatic carbocycles. The van der Waals surface area contributed by atoms with Gasteiger partial charge in [-0.1, -0.05) is 12.1 Å². The molecule has 2 N–H and O–H groups in total. The molecular weight excluding hydrogens is 282 g/mol. The molecule has 3 rings (SSSR count). The van der Waals surface area contributed by atoms with E-state index in [2.05, 4.69) is 7.05 Å². The van der Waals surface area contributed by atoms with Gasteiger partial charge in [0.15, 0.2) is 5.76 Å². The lowest BCUT2D eigenvalue weighted by atomic mass is 10.1. The van der Waals surface area contributed by atoms with E-state index in [1.807, 2.05) is 12.1 Å². The summed E-state index contributed by atoms with van der Waals surface area (Å²) in [5, 5.41) is 11.1. The topological polar surface area (TPSA) is 65.2 Å². The van der Waals surface area contributed by atoms with Crippen molar-refractivity contribution in [2.24, 2.45) is 0 Å². The molecule has 1 aliphatic heterocycles. The number of nitro benzene ring substituents is 1. The first-order valence-corrected chi connectivity index (χ1v) is 7.61. The Hall–Kier alpha value is -2.18. The Bertz CT molecular complexity index is 660. The van der Waals surface area contributed by atoms with Crippen LogP contribution in [0.2, 0.25) is 0 Å². The SMILES string of the molecule is C[NH+]1CC[NH+](Cc2ccc(-c3ccccc3[N+](=O)[O-])o2)CC1. The van der Waals surface area contributed by atoms with E-state index in [1.54, 1.807) is 23.1 Å². The van der Waals surface area contributed by atoms with Crippen molar-refractivity contribution in [3.8, 4) is 11.3 Å². The molecule has 1 aromatic carbocycles. The second-order valence-corrected chi connectivity index (χ2v) is 5.92. The molecule has 2 heterocycles. The number of quaternary nitrogens is 2. The summed E-state index contributed by atoms with van der Waals surface area (Å²) in [6.45, 7) is 5.45. The third kappa shape index (κ3) is 3.18. The molecule has 6 nitrogen and oxygen atoms in total. The fourth-order valence-corrected chi connectivity index (χ4v) is 2.91. The van der Waals surface area contributed by atoms with Gasteiger partial charge >= 0.3 is 0 Å². The first-order chi connectivity index (χ1) is 10.6. The van der Waals surface area contributed by atoms with Crippen LogP contribution in [0.5, 0.6) is 0 Å². The minimum Gasteiger partial charge on any atom is -0.455 e. The lowest BCUT2D eigenvalue weighted by Crippen LogP contribution is -3.26. The van der Waals surface area contributed by atoms with Crippen molar-refractivity contribution in [3.05, 3.63) is 52.3 Å². The number of hydrogen-bond donors (Lipinski definition) is 2. The zero-order valence-electron chi connectivity index (χ0n) is 12.7. The Kier molecular flexibility index (Phi) is 4.22. The van der Waals surface area contributed by atoms with E-state index >= 15 is 0 Å². The number of piperazine rings is 1. The summed E-state index contributed by atoms with van der Waals surface area (Å²) in [6.07, 6.45) is 0. The van der Waals surface area contributed by atoms with Crippen molar-refractivity contribution in [1.82, 2.24) is 0 Å². The third-order valence-corrected chi connectivity index (χ3v) is 4.26. The van der Waals surface area contributed by atoms with Gasteiger partial charge in [-0.15, -0.1) is 0 Å². The summed E-state index contributed by atoms with van der Waals surface area (Å²) < 4.78 is 5.86. The first-order valence-electron chi connectivity index (χ1n) is 7.61. The largest absolute Gasteiger partial charge is 0.455 e. The van der Waals surface area contributed by atoms with Crippen molar-refractivity contribution >= 4 is 5.69 Å². The molecule has 1 aliphatic rings. The van der Waals surface area contributed by atoms with Gasteiger partial charge in [-0.25, -0.2) is 0 Å². The van der Waals surface area contributed by atoms with E-state index in [9.17, 15) is 10.1 Å². The van der Waals surface area contributed by atoms with Crippen molar-refractivity contribution in [2.45, 2.75) is 6.54 Å². The average molecular weight is 303 g/mol. The average Bonchev–Trinajstić information content (AvgIpc) is 2.98. The van der Waals surface area contributed by atoms with Gasteiger partial charge in [-0.3, -0.25) is 10.1 Å². The fourth-order valence-electron chi connectivity index (χ4n) is 2.91. The summed E-state index contributed by atoms with van der Waals surface area (Å²) in [4.78, 5) is 13.8. The van der Waals surface area contributed by atoms with Crippen LogP contribution in [0, 0.1) is 10.1 Å². The Labute approximate surface area is 129 Å². The van der Waals surface area contributed by atoms with Crippen LogP contribution >= 0.6 is 0 Å². The minimum absolute atomic E-state index is 0.0824. The highest BCUT2D eigenvalue weighted by Crippen LogP contribution is 2.30. The Balaban J connectivity index is 1.75. The zero-order chi connectivity index (χ0) is 15.5. The number of rotatable bonds is 4. The van der Waals surface area contributed by atoms with Crippen LogP contribution in [0.3, 0.4) is 0 Å². The summed E-state index contributed by atoms with van der Waals surface area (Å²) in [5.74, 6) is 1.46. The number of nitro groups is 1. The second-order valence-electron chi connectivity index (χ2n) is 5.92. The van der Waals surface area contributed by atoms with E-state index in [-0.39, 0.29) is 10.6 Å². The standard InChI is InChI=1S/C16H19N3O3/c1-17-8-10-18(11-9-17)12-13-6-7-16(22-13)14-4-2-3-5-15(14)19(20)21/h2-7H,8-12H2,1H3/p+2. The molecule has 0 saturated carbocycles. The molecule has 1 aromatic heterocycles. The molecule has 22 heavy (non-hydrogen) atoms. The molecule has 0 radical (unpaired) electrons. The van der Waals surface area contributed by atoms with Gasteiger partial charge in [-0.2, -0.15) is 0 Å². The minimum atomic E-state index is -0.369. The van der Waals surface area contributed by atoms with Gasteiger partial charge in [0.2, 0.25) is 0 Å². The molecule has 0 amide bonds. The number of nitrogens with one attached hydrogen (secondary N) is 2. The molecule has 6 heteroatoms. The molecule has 0 spiro atoms. The highest BCUT2D eigenvalue weighted by molar-refractivity contribution is 5.69. The Morgan fingerprint density at radius 3 is 2.59 bits per heavy atom. The van der Waals surface area contributed by atoms with Crippen LogP contribution in [-0.2, 0) is 6.54 Å². The van der Waals surface area contributed by atoms with Gasteiger partial charge < -0.3 is 14.2 Å². The summed E-state index contributed by atoms with van der Waals surface area (Å²) in [5.41, 5.74) is 0.621. The molecule has 1 fully saturated rings. The van der Waals surface area contributed by atoms with Gasteiger partial charge in [0.25, 0.3) is 5.69 Å². The number of benzene rings is 1. The molecule has 0 bridgehead atoms. The van der Waals surface area contributed by atoms with Crippen molar-refractivity contribution in [3.63, 3.8) is 0 Å². The smallest absolute Gasteiger partial charge is 0.280 e. The van der Waals surface area contributed by atoms with Gasteiger partial charge in [0.1, 0.15) is 38.5 Å². The molecule has 0 atom stereocenters. The summed E-state index contributed by atoms with van der Waals surface area (Å²) >= 11 is 0. The lowest BCUT2D eigenvalue weighted by Gasteiger charge is -2.26. The predicted molar refractivity (Wildman–Crippen MR) is 81.8 cm³/mol. The molecule has 116 valence electrons. The Morgan fingerprint density at radius 1 is 1.14 bits per heavy atom. The fraction of sp³-hybridized carbons (Fsp3) is 0.375. The van der Waals surface area contributed by atoms with E-state index in [4.69, 9.17) is 4.42 Å². The van der Waals surface area contributed by atoms with E-state index in [0.717, 1.165) is 25.4 Å². The van der Waals surface area contributed by atoms with Gasteiger partial charge in [-0.05, 0) is 18.2 Å². The number of nitrogens with zero attached hydrogens (tertiary/aromatic N) is 1. The van der Waals surface area contributed by atoms with Gasteiger partial charge in [0, 0.05) is 6.07 Å². The van der Waals surface area contributed by atoms with Crippen LogP contribution in [0.4, 0.5) is 5.69 Å². The summed E-state index contributed by atoms with van der Waals surface area (Å²) in [6, 6.07) is 10.5. The first kappa shape index (κ1) is 14.7. The highest BCUT2D eigenvalue weighted by Gasteiger charge is 2.22. The van der Waals surface area contributed by atoms with Crippen LogP contribution in [-0.4, -0.2) is 38.2 Å². The van der Waals surface area contributed by atoms with Crippen LogP contribution in [0.1, 0.15) is 5.76 Å². The van der Waals surface area contributed by atoms with E-state index < -0.39 is 0 Å². The molecule has 0 unspecified atom stereocenters. The molecular formula is C16H21N3O3+2. The van der Waals surface area contributed by atoms with Crippen molar-refractivity contribution < 1.29 is 19.1 Å². The normalized spacial score (nSPS) is 21.7. The predicted octanol–water partition coefficient (Wildman–Crippen LogP) is -0.232. The van der Waals surface area contributed by atoms with Gasteiger partial charge in [0.05, 0.1) is 17.5 Å². The van der Waals surface area contributed by atoms with E-state index in [0.29, 0.717) is 11.3 Å². The zero-order valence-corrected chi connectivity index (χ0v) is 12.7.